The van der Waals surface area contributed by atoms with E-state index in [4.69, 9.17) is 23.2 Å². The van der Waals surface area contributed by atoms with E-state index in [0.717, 1.165) is 6.26 Å². The molecule has 10 heteroatoms. The lowest BCUT2D eigenvalue weighted by molar-refractivity contribution is 0.0955. The van der Waals surface area contributed by atoms with Crippen LogP contribution in [0.2, 0.25) is 10.0 Å². The number of sulfonamides is 1. The van der Waals surface area contributed by atoms with Crippen molar-refractivity contribution in [1.29, 1.82) is 0 Å². The maximum atomic E-state index is 12.1. The molecule has 0 atom stereocenters. The molecule has 0 saturated heterocycles. The van der Waals surface area contributed by atoms with Crippen molar-refractivity contribution in [2.45, 2.75) is 0 Å². The van der Waals surface area contributed by atoms with Crippen molar-refractivity contribution in [1.82, 2.24) is 10.3 Å². The van der Waals surface area contributed by atoms with Crippen LogP contribution in [0.1, 0.15) is 10.4 Å². The van der Waals surface area contributed by atoms with Crippen molar-refractivity contribution in [3.8, 4) is 0 Å². The molecule has 1 aromatic carbocycles. The number of rotatable bonds is 7. The van der Waals surface area contributed by atoms with Gasteiger partial charge in [0.1, 0.15) is 5.82 Å². The van der Waals surface area contributed by atoms with Gasteiger partial charge in [-0.25, -0.2) is 13.4 Å². The van der Waals surface area contributed by atoms with Crippen molar-refractivity contribution in [3.63, 3.8) is 0 Å². The summed E-state index contributed by atoms with van der Waals surface area (Å²) in [5.41, 5.74) is 0.668. The molecule has 0 spiro atoms. The van der Waals surface area contributed by atoms with Crippen LogP contribution in [-0.4, -0.2) is 38.7 Å². The van der Waals surface area contributed by atoms with Crippen LogP contribution in [0.4, 0.5) is 11.5 Å². The van der Waals surface area contributed by atoms with Crippen LogP contribution < -0.4 is 15.4 Å². The summed E-state index contributed by atoms with van der Waals surface area (Å²) >= 11 is 11.8. The Kier molecular flexibility index (Phi) is 6.46. The molecule has 25 heavy (non-hydrogen) atoms. The lowest BCUT2D eigenvalue weighted by Crippen LogP contribution is -2.29. The third-order valence-electron chi connectivity index (χ3n) is 2.94. The van der Waals surface area contributed by atoms with Crippen LogP contribution in [-0.2, 0) is 10.0 Å². The van der Waals surface area contributed by atoms with Gasteiger partial charge in [0.05, 0.1) is 16.3 Å². The summed E-state index contributed by atoms with van der Waals surface area (Å²) in [4.78, 5) is 16.2. The molecule has 3 N–H and O–H groups in total. The van der Waals surface area contributed by atoms with Crippen LogP contribution >= 0.6 is 23.2 Å². The maximum absolute atomic E-state index is 12.1. The van der Waals surface area contributed by atoms with Gasteiger partial charge in [-0.3, -0.25) is 9.52 Å². The zero-order valence-electron chi connectivity index (χ0n) is 13.2. The number of hydrogen-bond acceptors (Lipinski definition) is 5. The Morgan fingerprint density at radius 3 is 2.64 bits per heavy atom. The molecule has 0 aliphatic carbocycles. The predicted molar refractivity (Wildman–Crippen MR) is 100.0 cm³/mol. The largest absolute Gasteiger partial charge is 0.367 e. The lowest BCUT2D eigenvalue weighted by atomic mass is 10.2. The quantitative estimate of drug-likeness (QED) is 0.617. The van der Waals surface area contributed by atoms with Crippen molar-refractivity contribution in [2.24, 2.45) is 0 Å². The summed E-state index contributed by atoms with van der Waals surface area (Å²) in [6.45, 7) is 0.727. The molecule has 0 aliphatic heterocycles. The van der Waals surface area contributed by atoms with Gasteiger partial charge < -0.3 is 10.6 Å². The molecule has 0 unspecified atom stereocenters. The number of benzene rings is 1. The van der Waals surface area contributed by atoms with E-state index < -0.39 is 10.0 Å². The second kappa shape index (κ2) is 8.37. The van der Waals surface area contributed by atoms with E-state index in [-0.39, 0.29) is 5.91 Å². The second-order valence-corrected chi connectivity index (χ2v) is 7.71. The highest BCUT2D eigenvalue weighted by Crippen LogP contribution is 2.22. The number of nitrogens with one attached hydrogen (secondary N) is 3. The van der Waals surface area contributed by atoms with E-state index in [1.165, 1.54) is 12.3 Å². The van der Waals surface area contributed by atoms with E-state index in [2.05, 4.69) is 20.3 Å². The number of anilines is 2. The molecule has 1 amide bonds. The van der Waals surface area contributed by atoms with Crippen molar-refractivity contribution >= 4 is 50.6 Å². The normalized spacial score (nSPS) is 11.0. The minimum absolute atomic E-state index is 0.323. The smallest absolute Gasteiger partial charge is 0.251 e. The summed E-state index contributed by atoms with van der Waals surface area (Å²) in [6, 6.07) is 7.78. The van der Waals surface area contributed by atoms with E-state index in [1.54, 1.807) is 24.3 Å². The Balaban J connectivity index is 1.87. The average molecular weight is 403 g/mol. The van der Waals surface area contributed by atoms with Crippen LogP contribution in [0.5, 0.6) is 0 Å². The minimum Gasteiger partial charge on any atom is -0.367 e. The molecule has 0 aliphatic rings. The standard InChI is InChI=1S/C15H16Cl2N4O3S/c1-25(23,24)21-12-4-2-3-10(7-12)15(22)19-6-5-18-14-13(17)8-11(16)9-20-14/h2-4,7-9,21H,5-6H2,1H3,(H,18,20)(H,19,22). The number of amides is 1. The number of halogens is 2. The van der Waals surface area contributed by atoms with Gasteiger partial charge in [-0.05, 0) is 24.3 Å². The van der Waals surface area contributed by atoms with Gasteiger partial charge in [0.25, 0.3) is 5.91 Å². The summed E-state index contributed by atoms with van der Waals surface area (Å²) in [5, 5.41) is 6.52. The molecular formula is C15H16Cl2N4O3S. The molecule has 0 saturated carbocycles. The number of carbonyl (C=O) groups excluding carboxylic acids is 1. The van der Waals surface area contributed by atoms with Crippen LogP contribution in [0.25, 0.3) is 0 Å². The van der Waals surface area contributed by atoms with Gasteiger partial charge in [-0.15, -0.1) is 0 Å². The Morgan fingerprint density at radius 2 is 1.96 bits per heavy atom. The molecule has 0 fully saturated rings. The molecule has 0 radical (unpaired) electrons. The topological polar surface area (TPSA) is 100 Å². The second-order valence-electron chi connectivity index (χ2n) is 5.12. The van der Waals surface area contributed by atoms with Gasteiger partial charge in [0.2, 0.25) is 10.0 Å². The Labute approximate surface area is 155 Å². The van der Waals surface area contributed by atoms with Gasteiger partial charge in [0, 0.05) is 30.5 Å². The van der Waals surface area contributed by atoms with Gasteiger partial charge in [0.15, 0.2) is 0 Å². The fraction of sp³-hybridized carbons (Fsp3) is 0.200. The molecule has 1 aromatic heterocycles. The van der Waals surface area contributed by atoms with Gasteiger partial charge >= 0.3 is 0 Å². The van der Waals surface area contributed by atoms with Crippen molar-refractivity contribution in [2.75, 3.05) is 29.4 Å². The zero-order chi connectivity index (χ0) is 18.4. The number of nitrogens with zero attached hydrogens (tertiary/aromatic N) is 1. The van der Waals surface area contributed by atoms with Gasteiger partial charge in [-0.2, -0.15) is 0 Å². The van der Waals surface area contributed by atoms with E-state index >= 15 is 0 Å². The predicted octanol–water partition coefficient (Wildman–Crippen LogP) is 2.60. The SMILES string of the molecule is CS(=O)(=O)Nc1cccc(C(=O)NCCNc2ncc(Cl)cc2Cl)c1. The third-order valence-corrected chi connectivity index (χ3v) is 4.04. The fourth-order valence-corrected chi connectivity index (χ4v) is 2.94. The number of aromatic nitrogens is 1. The number of hydrogen-bond donors (Lipinski definition) is 3. The molecule has 0 bridgehead atoms. The third kappa shape index (κ3) is 6.41. The maximum Gasteiger partial charge on any atom is 0.251 e. The van der Waals surface area contributed by atoms with E-state index in [0.29, 0.717) is 40.2 Å². The Hall–Kier alpha value is -2.03. The molecule has 2 aromatic rings. The Morgan fingerprint density at radius 1 is 1.20 bits per heavy atom. The van der Waals surface area contributed by atoms with Crippen molar-refractivity contribution in [3.05, 3.63) is 52.1 Å². The van der Waals surface area contributed by atoms with Gasteiger partial charge in [-0.1, -0.05) is 29.3 Å². The first-order chi connectivity index (χ1) is 11.7. The minimum atomic E-state index is -3.40. The average Bonchev–Trinajstić information content (AvgIpc) is 2.51. The van der Waals surface area contributed by atoms with Crippen molar-refractivity contribution < 1.29 is 13.2 Å². The Bertz CT molecular complexity index is 875. The highest BCUT2D eigenvalue weighted by Gasteiger charge is 2.08. The first kappa shape index (κ1) is 19.3. The molecular weight excluding hydrogens is 387 g/mol. The van der Waals surface area contributed by atoms with Crippen LogP contribution in [0, 0.1) is 0 Å². The number of carbonyl (C=O) groups is 1. The number of pyridine rings is 1. The molecule has 1 heterocycles. The lowest BCUT2D eigenvalue weighted by Gasteiger charge is -2.10. The zero-order valence-corrected chi connectivity index (χ0v) is 15.5. The summed E-state index contributed by atoms with van der Waals surface area (Å²) in [7, 11) is -3.40. The first-order valence-corrected chi connectivity index (χ1v) is 9.80. The molecule has 2 rings (SSSR count). The highest BCUT2D eigenvalue weighted by atomic mass is 35.5. The van der Waals surface area contributed by atoms with E-state index in [1.807, 2.05) is 0 Å². The highest BCUT2D eigenvalue weighted by molar-refractivity contribution is 7.92. The summed E-state index contributed by atoms with van der Waals surface area (Å²) < 4.78 is 24.8. The van der Waals surface area contributed by atoms with E-state index in [9.17, 15) is 13.2 Å². The van der Waals surface area contributed by atoms with Crippen LogP contribution in [0.3, 0.4) is 0 Å². The summed E-state index contributed by atoms with van der Waals surface area (Å²) in [5.74, 6) is 0.147. The monoisotopic (exact) mass is 402 g/mol. The molecule has 134 valence electrons. The fourth-order valence-electron chi connectivity index (χ4n) is 1.94. The summed E-state index contributed by atoms with van der Waals surface area (Å²) in [6.07, 6.45) is 2.51. The molecule has 7 nitrogen and oxygen atoms in total. The van der Waals surface area contributed by atoms with Crippen LogP contribution in [0.15, 0.2) is 36.5 Å². The first-order valence-electron chi connectivity index (χ1n) is 7.15.